The van der Waals surface area contributed by atoms with Crippen molar-refractivity contribution in [3.05, 3.63) is 23.9 Å². The molecule has 0 aliphatic carbocycles. The van der Waals surface area contributed by atoms with Gasteiger partial charge >= 0.3 is 0 Å². The molecule has 5 nitrogen and oxygen atoms in total. The third-order valence-corrected chi connectivity index (χ3v) is 4.50. The Labute approximate surface area is 122 Å². The van der Waals surface area contributed by atoms with Gasteiger partial charge < -0.3 is 5.73 Å². The maximum Gasteiger partial charge on any atom is 0.126 e. The normalized spacial score (nSPS) is 16.1. The number of rotatable bonds is 8. The van der Waals surface area contributed by atoms with Crippen molar-refractivity contribution in [1.82, 2.24) is 15.3 Å². The average Bonchev–Trinajstić information content (AvgIpc) is 2.47. The molecular formula is C15H29N5. The molecule has 0 spiro atoms. The fourth-order valence-electron chi connectivity index (χ4n) is 2.94. The second kappa shape index (κ2) is 7.57. The standard InChI is InChI=1S/C15H29N5/c1-5-15(4,20(6-2)7-3)13(19-17)11-12-9-8-10-18-14(12)16/h8-10,13,19H,5-7,11,17H2,1-4H3,(H2,16,18). The van der Waals surface area contributed by atoms with Crippen LogP contribution in [0.4, 0.5) is 5.82 Å². The summed E-state index contributed by atoms with van der Waals surface area (Å²) in [6.45, 7) is 10.8. The van der Waals surface area contributed by atoms with Gasteiger partial charge in [-0.3, -0.25) is 16.2 Å². The first-order valence-electron chi connectivity index (χ1n) is 7.43. The highest BCUT2D eigenvalue weighted by Gasteiger charge is 2.36. The molecule has 0 aromatic carbocycles. The van der Waals surface area contributed by atoms with Crippen LogP contribution >= 0.6 is 0 Å². The van der Waals surface area contributed by atoms with Crippen molar-refractivity contribution in [2.75, 3.05) is 18.8 Å². The zero-order valence-electron chi connectivity index (χ0n) is 13.2. The van der Waals surface area contributed by atoms with E-state index in [1.54, 1.807) is 6.20 Å². The van der Waals surface area contributed by atoms with E-state index in [4.69, 9.17) is 11.6 Å². The quantitative estimate of drug-likeness (QED) is 0.497. The Morgan fingerprint density at radius 2 is 2.00 bits per heavy atom. The highest BCUT2D eigenvalue weighted by molar-refractivity contribution is 5.39. The first-order chi connectivity index (χ1) is 9.53. The number of nitrogens with one attached hydrogen (secondary N) is 1. The zero-order valence-corrected chi connectivity index (χ0v) is 13.2. The SMILES string of the molecule is CCN(CC)C(C)(CC)C(Cc1cccnc1N)NN. The van der Waals surface area contributed by atoms with Crippen LogP contribution in [0, 0.1) is 0 Å². The molecule has 0 radical (unpaired) electrons. The molecule has 5 N–H and O–H groups in total. The lowest BCUT2D eigenvalue weighted by molar-refractivity contribution is 0.0701. The molecule has 1 rings (SSSR count). The van der Waals surface area contributed by atoms with Crippen molar-refractivity contribution in [1.29, 1.82) is 0 Å². The largest absolute Gasteiger partial charge is 0.383 e. The maximum absolute atomic E-state index is 5.96. The van der Waals surface area contributed by atoms with Gasteiger partial charge in [-0.2, -0.15) is 0 Å². The van der Waals surface area contributed by atoms with Crippen molar-refractivity contribution in [3.8, 4) is 0 Å². The molecule has 1 aromatic rings. The van der Waals surface area contributed by atoms with Crippen molar-refractivity contribution in [2.45, 2.75) is 52.1 Å². The summed E-state index contributed by atoms with van der Waals surface area (Å²) in [5.41, 5.74) is 9.98. The van der Waals surface area contributed by atoms with Crippen LogP contribution in [0.5, 0.6) is 0 Å². The first kappa shape index (κ1) is 16.9. The summed E-state index contributed by atoms with van der Waals surface area (Å²) in [5.74, 6) is 6.43. The highest BCUT2D eigenvalue weighted by Crippen LogP contribution is 2.26. The van der Waals surface area contributed by atoms with Crippen molar-refractivity contribution in [3.63, 3.8) is 0 Å². The third-order valence-electron chi connectivity index (χ3n) is 4.50. The first-order valence-corrected chi connectivity index (χ1v) is 7.43. The van der Waals surface area contributed by atoms with Gasteiger partial charge in [0.05, 0.1) is 0 Å². The second-order valence-electron chi connectivity index (χ2n) is 5.35. The number of nitrogens with zero attached hydrogens (tertiary/aromatic N) is 2. The Morgan fingerprint density at radius 1 is 1.35 bits per heavy atom. The molecule has 20 heavy (non-hydrogen) atoms. The number of anilines is 1. The van der Waals surface area contributed by atoms with Gasteiger partial charge in [0.25, 0.3) is 0 Å². The van der Waals surface area contributed by atoms with Crippen molar-refractivity contribution >= 4 is 5.82 Å². The van der Waals surface area contributed by atoms with E-state index in [0.717, 1.165) is 31.5 Å². The van der Waals surface area contributed by atoms with E-state index >= 15 is 0 Å². The summed E-state index contributed by atoms with van der Waals surface area (Å²) >= 11 is 0. The number of aromatic nitrogens is 1. The predicted octanol–water partition coefficient (Wildman–Crippen LogP) is 1.55. The molecule has 1 aromatic heterocycles. The Bertz CT molecular complexity index is 405. The molecule has 0 fully saturated rings. The van der Waals surface area contributed by atoms with Gasteiger partial charge in [-0.15, -0.1) is 0 Å². The molecular weight excluding hydrogens is 250 g/mol. The molecule has 0 aliphatic heterocycles. The Morgan fingerprint density at radius 3 is 2.45 bits per heavy atom. The van der Waals surface area contributed by atoms with Gasteiger partial charge in [-0.25, -0.2) is 4.98 Å². The van der Waals surface area contributed by atoms with Crippen LogP contribution in [0.2, 0.25) is 0 Å². The molecule has 0 saturated carbocycles. The number of hydrogen-bond acceptors (Lipinski definition) is 5. The summed E-state index contributed by atoms with van der Waals surface area (Å²) in [4.78, 5) is 6.60. The molecule has 0 amide bonds. The lowest BCUT2D eigenvalue weighted by Gasteiger charge is -2.45. The maximum atomic E-state index is 5.96. The number of pyridine rings is 1. The molecule has 5 heteroatoms. The Kier molecular flexibility index (Phi) is 6.39. The van der Waals surface area contributed by atoms with Crippen LogP contribution in [-0.4, -0.2) is 34.6 Å². The summed E-state index contributed by atoms with van der Waals surface area (Å²) in [6, 6.07) is 4.06. The van der Waals surface area contributed by atoms with Crippen molar-refractivity contribution < 1.29 is 0 Å². The minimum absolute atomic E-state index is 0.0134. The van der Waals surface area contributed by atoms with Crippen LogP contribution < -0.4 is 17.0 Å². The molecule has 2 atom stereocenters. The lowest BCUT2D eigenvalue weighted by Crippen LogP contribution is -2.61. The van der Waals surface area contributed by atoms with E-state index in [0.29, 0.717) is 5.82 Å². The number of nitrogen functional groups attached to an aromatic ring is 1. The topological polar surface area (TPSA) is 80.2 Å². The lowest BCUT2D eigenvalue weighted by atomic mass is 9.83. The summed E-state index contributed by atoms with van der Waals surface area (Å²) < 4.78 is 0. The number of hydrazine groups is 1. The molecule has 1 heterocycles. The predicted molar refractivity (Wildman–Crippen MR) is 85.1 cm³/mol. The van der Waals surface area contributed by atoms with E-state index in [1.807, 2.05) is 12.1 Å². The van der Waals surface area contributed by atoms with E-state index in [9.17, 15) is 0 Å². The van der Waals surface area contributed by atoms with Crippen LogP contribution in [0.15, 0.2) is 18.3 Å². The average molecular weight is 279 g/mol. The number of likely N-dealkylation sites (N-methyl/N-ethyl adjacent to an activating group) is 1. The van der Waals surface area contributed by atoms with Gasteiger partial charge in [0.15, 0.2) is 0 Å². The van der Waals surface area contributed by atoms with Crippen LogP contribution in [0.25, 0.3) is 0 Å². The summed E-state index contributed by atoms with van der Waals surface area (Å²) in [6.07, 6.45) is 3.51. The molecule has 0 saturated heterocycles. The fraction of sp³-hybridized carbons (Fsp3) is 0.667. The van der Waals surface area contributed by atoms with Gasteiger partial charge in [0, 0.05) is 17.8 Å². The van der Waals surface area contributed by atoms with E-state index in [-0.39, 0.29) is 11.6 Å². The summed E-state index contributed by atoms with van der Waals surface area (Å²) in [5, 5.41) is 0. The minimum Gasteiger partial charge on any atom is -0.383 e. The third kappa shape index (κ3) is 3.48. The van der Waals surface area contributed by atoms with Gasteiger partial charge in [-0.1, -0.05) is 26.8 Å². The second-order valence-corrected chi connectivity index (χ2v) is 5.35. The van der Waals surface area contributed by atoms with E-state index in [1.165, 1.54) is 0 Å². The Balaban J connectivity index is 3.01. The molecule has 2 unspecified atom stereocenters. The highest BCUT2D eigenvalue weighted by atomic mass is 15.3. The Hall–Kier alpha value is -1.17. The molecule has 0 bridgehead atoms. The van der Waals surface area contributed by atoms with Gasteiger partial charge in [0.1, 0.15) is 5.82 Å². The minimum atomic E-state index is -0.0134. The van der Waals surface area contributed by atoms with Crippen LogP contribution in [0.3, 0.4) is 0 Å². The van der Waals surface area contributed by atoms with Gasteiger partial charge in [0.2, 0.25) is 0 Å². The summed E-state index contributed by atoms with van der Waals surface area (Å²) in [7, 11) is 0. The molecule has 0 aliphatic rings. The van der Waals surface area contributed by atoms with Crippen molar-refractivity contribution in [2.24, 2.45) is 5.84 Å². The monoisotopic (exact) mass is 279 g/mol. The van der Waals surface area contributed by atoms with Gasteiger partial charge in [-0.05, 0) is 44.5 Å². The fourth-order valence-corrected chi connectivity index (χ4v) is 2.94. The molecule has 114 valence electrons. The smallest absolute Gasteiger partial charge is 0.126 e. The number of nitrogens with two attached hydrogens (primary N) is 2. The number of hydrogen-bond donors (Lipinski definition) is 3. The van der Waals surface area contributed by atoms with Crippen LogP contribution in [-0.2, 0) is 6.42 Å². The zero-order chi connectivity index (χ0) is 15.2. The van der Waals surface area contributed by atoms with E-state index < -0.39 is 0 Å². The van der Waals surface area contributed by atoms with Crippen LogP contribution in [0.1, 0.15) is 39.7 Å². The van der Waals surface area contributed by atoms with E-state index in [2.05, 4.69) is 43.0 Å².